The van der Waals surface area contributed by atoms with Crippen LogP contribution in [0.15, 0.2) is 60.7 Å². The lowest BCUT2D eigenvalue weighted by Crippen LogP contribution is -2.45. The van der Waals surface area contributed by atoms with Gasteiger partial charge in [-0.2, -0.15) is 26.3 Å². The van der Waals surface area contributed by atoms with Crippen molar-refractivity contribution in [1.29, 1.82) is 0 Å². The smallest absolute Gasteiger partial charge is 0.347 e. The van der Waals surface area contributed by atoms with Crippen LogP contribution in [0.25, 0.3) is 11.1 Å². The number of amides is 2. The summed E-state index contributed by atoms with van der Waals surface area (Å²) in [5, 5.41) is 5.32. The van der Waals surface area contributed by atoms with Crippen molar-refractivity contribution in [2.24, 2.45) is 0 Å². The van der Waals surface area contributed by atoms with Crippen LogP contribution in [0.2, 0.25) is 0 Å². The fourth-order valence-corrected chi connectivity index (χ4v) is 5.07. The Hall–Kier alpha value is -3.82. The predicted octanol–water partition coefficient (Wildman–Crippen LogP) is 10.4. The molecule has 0 heterocycles. The van der Waals surface area contributed by atoms with E-state index in [9.17, 15) is 35.9 Å². The van der Waals surface area contributed by atoms with Gasteiger partial charge in [0.2, 0.25) is 0 Å². The molecule has 0 atom stereocenters. The van der Waals surface area contributed by atoms with E-state index in [4.69, 9.17) is 0 Å². The molecule has 10 heteroatoms. The molecule has 0 fully saturated rings. The number of unbranched alkanes of at least 4 members (excludes halogenated alkanes) is 1. The van der Waals surface area contributed by atoms with Crippen molar-refractivity contribution in [2.75, 3.05) is 5.32 Å². The Morgan fingerprint density at radius 1 is 0.689 bits per heavy atom. The normalized spacial score (nSPS) is 12.6. The van der Waals surface area contributed by atoms with Gasteiger partial charge in [0.05, 0.1) is 11.1 Å². The molecule has 0 aliphatic rings. The molecule has 4 nitrogen and oxygen atoms in total. The van der Waals surface area contributed by atoms with E-state index >= 15 is 0 Å². The van der Waals surface area contributed by atoms with Crippen LogP contribution < -0.4 is 10.6 Å². The zero-order chi connectivity index (χ0) is 33.8. The quantitative estimate of drug-likeness (QED) is 0.206. The summed E-state index contributed by atoms with van der Waals surface area (Å²) >= 11 is 0. The Morgan fingerprint density at radius 2 is 1.22 bits per heavy atom. The second-order valence-electron chi connectivity index (χ2n) is 12.3. The molecule has 0 radical (unpaired) electrons. The van der Waals surface area contributed by atoms with Crippen molar-refractivity contribution >= 4 is 17.5 Å². The van der Waals surface area contributed by atoms with E-state index in [-0.39, 0.29) is 16.8 Å². The minimum Gasteiger partial charge on any atom is -0.347 e. The maximum Gasteiger partial charge on any atom is 0.417 e. The van der Waals surface area contributed by atoms with Crippen molar-refractivity contribution < 1.29 is 35.9 Å². The highest BCUT2D eigenvalue weighted by molar-refractivity contribution is 6.06. The molecule has 244 valence electrons. The van der Waals surface area contributed by atoms with Gasteiger partial charge in [0.1, 0.15) is 0 Å². The first-order valence-corrected chi connectivity index (χ1v) is 15.0. The predicted molar refractivity (Wildman–Crippen MR) is 165 cm³/mol. The van der Waals surface area contributed by atoms with Gasteiger partial charge in [-0.1, -0.05) is 71.7 Å². The zero-order valence-corrected chi connectivity index (χ0v) is 26.4. The van der Waals surface area contributed by atoms with Crippen molar-refractivity contribution in [3.63, 3.8) is 0 Å². The van der Waals surface area contributed by atoms with Crippen LogP contribution in [0.1, 0.15) is 111 Å². The van der Waals surface area contributed by atoms with Crippen LogP contribution >= 0.6 is 0 Å². The number of rotatable bonds is 11. The van der Waals surface area contributed by atoms with Gasteiger partial charge in [-0.3, -0.25) is 9.59 Å². The summed E-state index contributed by atoms with van der Waals surface area (Å²) < 4.78 is 85.7. The minimum absolute atomic E-state index is 0.0237. The highest BCUT2D eigenvalue weighted by atomic mass is 19.4. The lowest BCUT2D eigenvalue weighted by molar-refractivity contribution is -0.139. The van der Waals surface area contributed by atoms with Crippen LogP contribution in [-0.4, -0.2) is 17.4 Å². The summed E-state index contributed by atoms with van der Waals surface area (Å²) in [6.07, 6.45) is -6.32. The van der Waals surface area contributed by atoms with E-state index in [1.807, 2.05) is 41.5 Å². The van der Waals surface area contributed by atoms with Gasteiger partial charge in [-0.25, -0.2) is 0 Å². The van der Waals surface area contributed by atoms with Gasteiger partial charge >= 0.3 is 12.4 Å². The highest BCUT2D eigenvalue weighted by Gasteiger charge is 2.39. The van der Waals surface area contributed by atoms with Gasteiger partial charge in [-0.15, -0.1) is 0 Å². The molecule has 0 saturated carbocycles. The van der Waals surface area contributed by atoms with Crippen LogP contribution in [0.3, 0.4) is 0 Å². The summed E-state index contributed by atoms with van der Waals surface area (Å²) in [5.41, 5.74) is -4.47. The topological polar surface area (TPSA) is 58.2 Å². The average molecular weight is 635 g/mol. The third-order valence-corrected chi connectivity index (χ3v) is 8.50. The molecule has 0 spiro atoms. The molecule has 45 heavy (non-hydrogen) atoms. The minimum atomic E-state index is -5.03. The molecule has 3 aromatic rings. The highest BCUT2D eigenvalue weighted by Crippen LogP contribution is 2.45. The molecule has 0 aliphatic carbocycles. The molecule has 0 saturated heterocycles. The van der Waals surface area contributed by atoms with Crippen LogP contribution in [-0.2, 0) is 17.8 Å². The lowest BCUT2D eigenvalue weighted by Gasteiger charge is -2.28. The Balaban J connectivity index is 2.00. The molecule has 0 aromatic heterocycles. The first-order chi connectivity index (χ1) is 20.8. The summed E-state index contributed by atoms with van der Waals surface area (Å²) in [7, 11) is 0. The number of benzene rings is 3. The van der Waals surface area contributed by atoms with Gasteiger partial charge < -0.3 is 10.6 Å². The fraction of sp³-hybridized carbons (Fsp3) is 0.429. The molecular weight excluding hydrogens is 594 g/mol. The SMILES string of the molecule is CCCCC(C)(C)c1ccc(-c2ccc(NC(=O)c3cccc(C(=O)NC(C)(CC)CC)c3)cc2C(F)(F)F)c(C(F)(F)F)c1. The van der Waals surface area contributed by atoms with E-state index in [0.717, 1.165) is 37.1 Å². The maximum absolute atomic E-state index is 14.3. The molecule has 3 aromatic carbocycles. The first kappa shape index (κ1) is 35.7. The standard InChI is InChI=1S/C35H40F6N2O2/c1-7-10-18-32(4,5)24-14-16-26(28(20-24)34(36,37)38)27-17-15-25(21-29(27)35(39,40)41)42-30(44)22-12-11-13-23(19-22)31(45)43-33(6,8-2)9-3/h11-17,19-21H,7-10,18H2,1-6H3,(H,42,44)(H,43,45). The summed E-state index contributed by atoms with van der Waals surface area (Å²) in [6, 6.07) is 11.9. The number of hydrogen-bond acceptors (Lipinski definition) is 2. The fourth-order valence-electron chi connectivity index (χ4n) is 5.07. The van der Waals surface area contributed by atoms with Crippen LogP contribution in [0, 0.1) is 0 Å². The van der Waals surface area contributed by atoms with Crippen molar-refractivity contribution in [1.82, 2.24) is 5.32 Å². The Labute approximate surface area is 260 Å². The van der Waals surface area contributed by atoms with E-state index in [1.54, 1.807) is 0 Å². The Bertz CT molecular complexity index is 1520. The lowest BCUT2D eigenvalue weighted by atomic mass is 9.78. The number of halogens is 6. The third-order valence-electron chi connectivity index (χ3n) is 8.50. The second-order valence-corrected chi connectivity index (χ2v) is 12.3. The Kier molecular flexibility index (Phi) is 10.8. The van der Waals surface area contributed by atoms with Crippen molar-refractivity contribution in [3.05, 3.63) is 88.5 Å². The first-order valence-electron chi connectivity index (χ1n) is 15.0. The van der Waals surface area contributed by atoms with Gasteiger partial charge in [0.25, 0.3) is 11.8 Å². The second kappa shape index (κ2) is 13.7. The molecule has 0 unspecified atom stereocenters. The van der Waals surface area contributed by atoms with Crippen LogP contribution in [0.5, 0.6) is 0 Å². The maximum atomic E-state index is 14.3. The number of carbonyl (C=O) groups is 2. The molecule has 0 bridgehead atoms. The third kappa shape index (κ3) is 8.67. The molecule has 2 N–H and O–H groups in total. The van der Waals surface area contributed by atoms with E-state index in [2.05, 4.69) is 10.6 Å². The molecule has 3 rings (SSSR count). The largest absolute Gasteiger partial charge is 0.417 e. The van der Waals surface area contributed by atoms with Crippen LogP contribution in [0.4, 0.5) is 32.0 Å². The van der Waals surface area contributed by atoms with Gasteiger partial charge in [0.15, 0.2) is 0 Å². The molecule has 0 aliphatic heterocycles. The van der Waals surface area contributed by atoms with Crippen molar-refractivity contribution in [2.45, 2.75) is 97.0 Å². The monoisotopic (exact) mass is 634 g/mol. The Morgan fingerprint density at radius 3 is 1.76 bits per heavy atom. The van der Waals surface area contributed by atoms with E-state index in [1.165, 1.54) is 30.3 Å². The number of anilines is 1. The summed E-state index contributed by atoms with van der Waals surface area (Å²) in [4.78, 5) is 25.8. The number of nitrogens with one attached hydrogen (secondary N) is 2. The number of alkyl halides is 6. The summed E-state index contributed by atoms with van der Waals surface area (Å²) in [5.74, 6) is -1.19. The van der Waals surface area contributed by atoms with E-state index < -0.39 is 57.4 Å². The zero-order valence-electron chi connectivity index (χ0n) is 26.4. The van der Waals surface area contributed by atoms with Gasteiger partial charge in [-0.05, 0) is 84.7 Å². The van der Waals surface area contributed by atoms with Gasteiger partial charge in [0, 0.05) is 22.4 Å². The van der Waals surface area contributed by atoms with E-state index in [0.29, 0.717) is 30.9 Å². The molecule has 2 amide bonds. The average Bonchev–Trinajstić information content (AvgIpc) is 2.98. The van der Waals surface area contributed by atoms with Crippen molar-refractivity contribution in [3.8, 4) is 11.1 Å². The number of hydrogen-bond donors (Lipinski definition) is 2. The number of carbonyl (C=O) groups excluding carboxylic acids is 2. The summed E-state index contributed by atoms with van der Waals surface area (Å²) in [6.45, 7) is 11.4. The molecular formula is C35H40F6N2O2.